The quantitative estimate of drug-likeness (QED) is 0.816. The molecule has 1 unspecified atom stereocenters. The molecule has 6 heteroatoms. The number of benzene rings is 1. The van der Waals surface area contributed by atoms with E-state index >= 15 is 0 Å². The Labute approximate surface area is 119 Å². The SMILES string of the molecule is Cc1cccc(NC(=S)NC2(C)CCS(=O)(=O)C2)c1. The van der Waals surface area contributed by atoms with Gasteiger partial charge in [0.05, 0.1) is 17.0 Å². The molecule has 0 saturated carbocycles. The summed E-state index contributed by atoms with van der Waals surface area (Å²) < 4.78 is 23.1. The molecule has 0 amide bonds. The summed E-state index contributed by atoms with van der Waals surface area (Å²) in [6.45, 7) is 3.90. The van der Waals surface area contributed by atoms with Crippen LogP contribution in [-0.4, -0.2) is 30.6 Å². The lowest BCUT2D eigenvalue weighted by atomic mass is 10.0. The van der Waals surface area contributed by atoms with Crippen molar-refractivity contribution >= 4 is 32.9 Å². The molecule has 2 rings (SSSR count). The van der Waals surface area contributed by atoms with Crippen LogP contribution in [0.3, 0.4) is 0 Å². The molecule has 1 aromatic carbocycles. The van der Waals surface area contributed by atoms with Gasteiger partial charge in [0, 0.05) is 5.69 Å². The molecule has 1 heterocycles. The first-order valence-corrected chi connectivity index (χ1v) is 8.37. The van der Waals surface area contributed by atoms with E-state index in [9.17, 15) is 8.42 Å². The van der Waals surface area contributed by atoms with Crippen LogP contribution in [0.2, 0.25) is 0 Å². The molecule has 0 spiro atoms. The van der Waals surface area contributed by atoms with Gasteiger partial charge < -0.3 is 10.6 Å². The van der Waals surface area contributed by atoms with Crippen LogP contribution in [0.5, 0.6) is 0 Å². The fourth-order valence-corrected chi connectivity index (χ4v) is 4.73. The van der Waals surface area contributed by atoms with Gasteiger partial charge in [0.1, 0.15) is 0 Å². The van der Waals surface area contributed by atoms with Gasteiger partial charge in [-0.25, -0.2) is 8.42 Å². The highest BCUT2D eigenvalue weighted by Crippen LogP contribution is 2.23. The summed E-state index contributed by atoms with van der Waals surface area (Å²) in [5.41, 5.74) is 1.58. The predicted molar refractivity (Wildman–Crippen MR) is 82.2 cm³/mol. The number of hydrogen-bond donors (Lipinski definition) is 2. The average Bonchev–Trinajstić information content (AvgIpc) is 2.52. The Hall–Kier alpha value is -1.14. The average molecular weight is 298 g/mol. The van der Waals surface area contributed by atoms with Crippen LogP contribution in [0, 0.1) is 6.92 Å². The van der Waals surface area contributed by atoms with Crippen LogP contribution in [0.4, 0.5) is 5.69 Å². The third-order valence-electron chi connectivity index (χ3n) is 3.19. The molecule has 0 bridgehead atoms. The van der Waals surface area contributed by atoms with Crippen molar-refractivity contribution in [3.63, 3.8) is 0 Å². The largest absolute Gasteiger partial charge is 0.356 e. The van der Waals surface area contributed by atoms with E-state index in [0.717, 1.165) is 11.3 Å². The van der Waals surface area contributed by atoms with E-state index in [1.165, 1.54) is 0 Å². The van der Waals surface area contributed by atoms with Crippen LogP contribution >= 0.6 is 12.2 Å². The Bertz CT molecular complexity index is 598. The maximum absolute atomic E-state index is 11.5. The van der Waals surface area contributed by atoms with Crippen molar-refractivity contribution in [2.45, 2.75) is 25.8 Å². The number of hydrogen-bond acceptors (Lipinski definition) is 3. The van der Waals surface area contributed by atoms with Crippen molar-refractivity contribution in [3.8, 4) is 0 Å². The summed E-state index contributed by atoms with van der Waals surface area (Å²) in [6, 6.07) is 7.87. The summed E-state index contributed by atoms with van der Waals surface area (Å²) in [5, 5.41) is 6.67. The molecule has 1 saturated heterocycles. The van der Waals surface area contributed by atoms with Crippen LogP contribution in [0.15, 0.2) is 24.3 Å². The molecule has 0 radical (unpaired) electrons. The molecule has 2 N–H and O–H groups in total. The van der Waals surface area contributed by atoms with Crippen molar-refractivity contribution in [3.05, 3.63) is 29.8 Å². The van der Waals surface area contributed by atoms with E-state index in [2.05, 4.69) is 10.6 Å². The highest BCUT2D eigenvalue weighted by Gasteiger charge is 2.38. The van der Waals surface area contributed by atoms with Crippen LogP contribution < -0.4 is 10.6 Å². The second kappa shape index (κ2) is 5.09. The van der Waals surface area contributed by atoms with Crippen LogP contribution in [-0.2, 0) is 9.84 Å². The maximum atomic E-state index is 11.5. The van der Waals surface area contributed by atoms with Crippen molar-refractivity contribution < 1.29 is 8.42 Å². The van der Waals surface area contributed by atoms with Gasteiger partial charge in [0.25, 0.3) is 0 Å². The minimum atomic E-state index is -2.93. The normalized spacial score (nSPS) is 24.9. The summed E-state index contributed by atoms with van der Waals surface area (Å²) in [6.07, 6.45) is 0.588. The van der Waals surface area contributed by atoms with Crippen LogP contribution in [0.1, 0.15) is 18.9 Å². The lowest BCUT2D eigenvalue weighted by Gasteiger charge is -2.26. The Kier molecular flexibility index (Phi) is 3.82. The second-order valence-corrected chi connectivity index (χ2v) is 7.94. The van der Waals surface area contributed by atoms with Gasteiger partial charge in [0.15, 0.2) is 14.9 Å². The predicted octanol–water partition coefficient (Wildman–Crippen LogP) is 1.86. The molecule has 1 atom stereocenters. The first kappa shape index (κ1) is 14.3. The smallest absolute Gasteiger partial charge is 0.171 e. The molecular weight excluding hydrogens is 280 g/mol. The number of thiocarbonyl (C=S) groups is 1. The molecule has 1 aliphatic heterocycles. The number of aryl methyl sites for hydroxylation is 1. The zero-order valence-corrected chi connectivity index (χ0v) is 12.7. The first-order valence-electron chi connectivity index (χ1n) is 6.14. The van der Waals surface area contributed by atoms with Crippen molar-refractivity contribution in [2.24, 2.45) is 0 Å². The molecule has 1 aliphatic rings. The van der Waals surface area contributed by atoms with E-state index in [4.69, 9.17) is 12.2 Å². The van der Waals surface area contributed by atoms with Crippen LogP contribution in [0.25, 0.3) is 0 Å². The summed E-state index contributed by atoms with van der Waals surface area (Å²) in [4.78, 5) is 0. The molecule has 1 aromatic rings. The third-order valence-corrected chi connectivity index (χ3v) is 5.30. The second-order valence-electron chi connectivity index (χ2n) is 5.35. The number of rotatable bonds is 2. The van der Waals surface area contributed by atoms with Crippen molar-refractivity contribution in [2.75, 3.05) is 16.8 Å². The van der Waals surface area contributed by atoms with Gasteiger partial charge in [-0.1, -0.05) is 12.1 Å². The fourth-order valence-electron chi connectivity index (χ4n) is 2.27. The minimum Gasteiger partial charge on any atom is -0.356 e. The van der Waals surface area contributed by atoms with E-state index < -0.39 is 15.4 Å². The molecular formula is C13H18N2O2S2. The van der Waals surface area contributed by atoms with Crippen molar-refractivity contribution in [1.82, 2.24) is 5.32 Å². The minimum absolute atomic E-state index is 0.135. The lowest BCUT2D eigenvalue weighted by Crippen LogP contribution is -2.48. The Morgan fingerprint density at radius 2 is 2.16 bits per heavy atom. The topological polar surface area (TPSA) is 58.2 Å². The molecule has 1 fully saturated rings. The monoisotopic (exact) mass is 298 g/mol. The maximum Gasteiger partial charge on any atom is 0.171 e. The van der Waals surface area contributed by atoms with Crippen molar-refractivity contribution in [1.29, 1.82) is 0 Å². The number of nitrogens with one attached hydrogen (secondary N) is 2. The highest BCUT2D eigenvalue weighted by molar-refractivity contribution is 7.91. The van der Waals surface area contributed by atoms with Gasteiger partial charge in [-0.3, -0.25) is 0 Å². The lowest BCUT2D eigenvalue weighted by molar-refractivity contribution is 0.474. The Morgan fingerprint density at radius 3 is 2.74 bits per heavy atom. The molecule has 0 aliphatic carbocycles. The summed E-state index contributed by atoms with van der Waals surface area (Å²) in [5.74, 6) is 0.360. The van der Waals surface area contributed by atoms with E-state index in [0.29, 0.717) is 11.5 Å². The standard InChI is InChI=1S/C13H18N2O2S2/c1-10-4-3-5-11(8-10)14-12(18)15-13(2)6-7-19(16,17)9-13/h3-5,8H,6-7,9H2,1-2H3,(H2,14,15,18). The summed E-state index contributed by atoms with van der Waals surface area (Å²) >= 11 is 5.25. The molecule has 104 valence electrons. The van der Waals surface area contributed by atoms with Gasteiger partial charge >= 0.3 is 0 Å². The van der Waals surface area contributed by atoms with E-state index in [-0.39, 0.29) is 11.5 Å². The van der Waals surface area contributed by atoms with Gasteiger partial charge in [-0.05, 0) is 50.2 Å². The third kappa shape index (κ3) is 3.91. The number of anilines is 1. The molecule has 4 nitrogen and oxygen atoms in total. The van der Waals surface area contributed by atoms with Gasteiger partial charge in [0.2, 0.25) is 0 Å². The van der Waals surface area contributed by atoms with E-state index in [1.807, 2.05) is 38.1 Å². The highest BCUT2D eigenvalue weighted by atomic mass is 32.2. The van der Waals surface area contributed by atoms with Gasteiger partial charge in [-0.15, -0.1) is 0 Å². The molecule has 19 heavy (non-hydrogen) atoms. The Morgan fingerprint density at radius 1 is 1.42 bits per heavy atom. The first-order chi connectivity index (χ1) is 8.78. The zero-order valence-electron chi connectivity index (χ0n) is 11.1. The fraction of sp³-hybridized carbons (Fsp3) is 0.462. The summed E-state index contributed by atoms with van der Waals surface area (Å²) in [7, 11) is -2.93. The zero-order chi connectivity index (χ0) is 14.1. The van der Waals surface area contributed by atoms with Gasteiger partial charge in [-0.2, -0.15) is 0 Å². The number of sulfone groups is 1. The van der Waals surface area contributed by atoms with E-state index in [1.54, 1.807) is 0 Å². The Balaban J connectivity index is 1.99. The molecule has 0 aromatic heterocycles.